The lowest BCUT2D eigenvalue weighted by atomic mass is 10.0. The van der Waals surface area contributed by atoms with E-state index >= 15 is 0 Å². The number of benzene rings is 2. The van der Waals surface area contributed by atoms with Gasteiger partial charge in [-0.1, -0.05) is 42.5 Å². The predicted molar refractivity (Wildman–Crippen MR) is 113 cm³/mol. The number of nitrogens with one attached hydrogen (secondary N) is 1. The van der Waals surface area contributed by atoms with Crippen LogP contribution in [0.4, 0.5) is 5.82 Å². The maximum atomic E-state index is 12.6. The summed E-state index contributed by atoms with van der Waals surface area (Å²) in [6.07, 6.45) is 4.49. The van der Waals surface area contributed by atoms with Crippen LogP contribution in [-0.4, -0.2) is 41.1 Å². The molecule has 1 aliphatic heterocycles. The van der Waals surface area contributed by atoms with Crippen molar-refractivity contribution >= 4 is 22.5 Å². The molecule has 0 spiro atoms. The molecule has 1 aliphatic rings. The van der Waals surface area contributed by atoms with Crippen molar-refractivity contribution < 1.29 is 14.3 Å². The number of hydrogen-bond acceptors (Lipinski definition) is 4. The third-order valence-corrected chi connectivity index (χ3v) is 5.34. The Bertz CT molecular complexity index is 957. The average Bonchev–Trinajstić information content (AvgIpc) is 3.19. The van der Waals surface area contributed by atoms with Crippen LogP contribution in [0.3, 0.4) is 0 Å². The summed E-state index contributed by atoms with van der Waals surface area (Å²) < 4.78 is 13.2. The van der Waals surface area contributed by atoms with Crippen LogP contribution in [0.5, 0.6) is 0 Å². The highest BCUT2D eigenvalue weighted by Gasteiger charge is 2.20. The molecule has 2 unspecified atom stereocenters. The number of carbonyl (C=O) groups excluding carboxylic acids is 1. The lowest BCUT2D eigenvalue weighted by Gasteiger charge is -2.24. The molecule has 2 aromatic carbocycles. The maximum Gasteiger partial charge on any atom is 0.254 e. The van der Waals surface area contributed by atoms with E-state index in [9.17, 15) is 4.79 Å². The lowest BCUT2D eigenvalue weighted by Crippen LogP contribution is -2.33. The van der Waals surface area contributed by atoms with E-state index in [0.717, 1.165) is 31.4 Å². The molecule has 1 aromatic heterocycles. The molecule has 1 amide bonds. The molecular formula is C23H27N3O3. The Morgan fingerprint density at radius 3 is 2.97 bits per heavy atom. The van der Waals surface area contributed by atoms with Crippen LogP contribution in [0.1, 0.15) is 31.7 Å². The second-order valence-electron chi connectivity index (χ2n) is 7.47. The topological polar surface area (TPSA) is 65.4 Å². The molecule has 0 radical (unpaired) electrons. The SMILES string of the molecule is CC(OCC1CCCCO1)C(=O)Nc1ccnn1Cc1cccc2ccccc12. The first-order valence-corrected chi connectivity index (χ1v) is 10.2. The van der Waals surface area contributed by atoms with E-state index in [1.807, 2.05) is 18.2 Å². The molecule has 1 N–H and O–H groups in total. The number of carbonyl (C=O) groups is 1. The summed E-state index contributed by atoms with van der Waals surface area (Å²) in [5.74, 6) is 0.479. The highest BCUT2D eigenvalue weighted by Crippen LogP contribution is 2.21. The van der Waals surface area contributed by atoms with Crippen molar-refractivity contribution in [2.24, 2.45) is 0 Å². The molecule has 6 nitrogen and oxygen atoms in total. The Morgan fingerprint density at radius 2 is 2.10 bits per heavy atom. The Hall–Kier alpha value is -2.70. The summed E-state index contributed by atoms with van der Waals surface area (Å²) in [7, 11) is 0. The molecule has 1 fully saturated rings. The van der Waals surface area contributed by atoms with Crippen LogP contribution in [0.2, 0.25) is 0 Å². The lowest BCUT2D eigenvalue weighted by molar-refractivity contribution is -0.130. The number of rotatable bonds is 7. The third-order valence-electron chi connectivity index (χ3n) is 5.34. The van der Waals surface area contributed by atoms with Crippen LogP contribution in [0.15, 0.2) is 54.7 Å². The Balaban J connectivity index is 1.39. The molecule has 2 heterocycles. The molecule has 0 bridgehead atoms. The van der Waals surface area contributed by atoms with E-state index in [1.54, 1.807) is 23.9 Å². The number of hydrogen-bond donors (Lipinski definition) is 1. The van der Waals surface area contributed by atoms with E-state index < -0.39 is 6.10 Å². The second-order valence-corrected chi connectivity index (χ2v) is 7.47. The van der Waals surface area contributed by atoms with Crippen LogP contribution < -0.4 is 5.32 Å². The van der Waals surface area contributed by atoms with E-state index in [-0.39, 0.29) is 12.0 Å². The van der Waals surface area contributed by atoms with Gasteiger partial charge in [0.2, 0.25) is 0 Å². The summed E-state index contributed by atoms with van der Waals surface area (Å²) in [6.45, 7) is 3.57. The van der Waals surface area contributed by atoms with Gasteiger partial charge in [-0.3, -0.25) is 4.79 Å². The molecule has 29 heavy (non-hydrogen) atoms. The molecule has 1 saturated heterocycles. The van der Waals surface area contributed by atoms with Gasteiger partial charge in [-0.05, 0) is 42.5 Å². The van der Waals surface area contributed by atoms with E-state index in [1.165, 1.54) is 10.8 Å². The van der Waals surface area contributed by atoms with Gasteiger partial charge >= 0.3 is 0 Å². The van der Waals surface area contributed by atoms with Gasteiger partial charge in [0.15, 0.2) is 0 Å². The fourth-order valence-electron chi connectivity index (χ4n) is 3.65. The van der Waals surface area contributed by atoms with Gasteiger partial charge in [-0.2, -0.15) is 5.10 Å². The Labute approximate surface area is 170 Å². The second kappa shape index (κ2) is 9.20. The van der Waals surface area contributed by atoms with Gasteiger partial charge in [-0.15, -0.1) is 0 Å². The molecule has 6 heteroatoms. The smallest absolute Gasteiger partial charge is 0.254 e. The first kappa shape index (κ1) is 19.6. The highest BCUT2D eigenvalue weighted by atomic mass is 16.5. The first-order chi connectivity index (χ1) is 14.2. The number of aromatic nitrogens is 2. The molecule has 4 rings (SSSR count). The zero-order chi connectivity index (χ0) is 20.1. The number of fused-ring (bicyclic) bond motifs is 1. The summed E-state index contributed by atoms with van der Waals surface area (Å²) in [6, 6.07) is 16.3. The van der Waals surface area contributed by atoms with Gasteiger partial charge in [0.05, 0.1) is 25.5 Å². The minimum atomic E-state index is -0.554. The summed E-state index contributed by atoms with van der Waals surface area (Å²) in [5.41, 5.74) is 1.15. The molecule has 0 saturated carbocycles. The average molecular weight is 393 g/mol. The minimum absolute atomic E-state index is 0.0934. The van der Waals surface area contributed by atoms with Gasteiger partial charge in [-0.25, -0.2) is 4.68 Å². The molecule has 2 atom stereocenters. The van der Waals surface area contributed by atoms with Crippen molar-refractivity contribution in [3.8, 4) is 0 Å². The van der Waals surface area contributed by atoms with Crippen LogP contribution in [-0.2, 0) is 20.8 Å². The van der Waals surface area contributed by atoms with E-state index in [2.05, 4.69) is 34.7 Å². The molecule has 0 aliphatic carbocycles. The van der Waals surface area contributed by atoms with Crippen molar-refractivity contribution in [2.45, 2.75) is 44.9 Å². The largest absolute Gasteiger partial charge is 0.376 e. The number of anilines is 1. The van der Waals surface area contributed by atoms with Gasteiger partial charge < -0.3 is 14.8 Å². The van der Waals surface area contributed by atoms with Crippen LogP contribution in [0, 0.1) is 0 Å². The Kier molecular flexibility index (Phi) is 6.22. The van der Waals surface area contributed by atoms with E-state index in [4.69, 9.17) is 9.47 Å². The van der Waals surface area contributed by atoms with Crippen LogP contribution >= 0.6 is 0 Å². The molecule has 3 aromatic rings. The number of nitrogens with zero attached hydrogens (tertiary/aromatic N) is 2. The normalized spacial score (nSPS) is 17.9. The summed E-state index contributed by atoms with van der Waals surface area (Å²) in [5, 5.41) is 9.71. The third kappa shape index (κ3) is 4.83. The monoisotopic (exact) mass is 393 g/mol. The molecule has 152 valence electrons. The number of amides is 1. The van der Waals surface area contributed by atoms with Crippen molar-refractivity contribution in [3.05, 3.63) is 60.3 Å². The quantitative estimate of drug-likeness (QED) is 0.659. The summed E-state index contributed by atoms with van der Waals surface area (Å²) >= 11 is 0. The van der Waals surface area contributed by atoms with Crippen molar-refractivity contribution in [3.63, 3.8) is 0 Å². The standard InChI is InChI=1S/C23H27N3O3/c1-17(29-16-20-10-4-5-14-28-20)23(27)25-22-12-13-24-26(22)15-19-9-6-8-18-7-2-3-11-21(18)19/h2-3,6-9,11-13,17,20H,4-5,10,14-16H2,1H3,(H,25,27). The van der Waals surface area contributed by atoms with Gasteiger partial charge in [0.1, 0.15) is 11.9 Å². The number of ether oxygens (including phenoxy) is 2. The molecular weight excluding hydrogens is 366 g/mol. The van der Waals surface area contributed by atoms with Gasteiger partial charge in [0.25, 0.3) is 5.91 Å². The minimum Gasteiger partial charge on any atom is -0.376 e. The maximum absolute atomic E-state index is 12.6. The van der Waals surface area contributed by atoms with Crippen molar-refractivity contribution in [1.82, 2.24) is 9.78 Å². The van der Waals surface area contributed by atoms with Crippen molar-refractivity contribution in [1.29, 1.82) is 0 Å². The zero-order valence-electron chi connectivity index (χ0n) is 16.7. The predicted octanol–water partition coefficient (Wildman–Crippen LogP) is 4.00. The first-order valence-electron chi connectivity index (χ1n) is 10.2. The highest BCUT2D eigenvalue weighted by molar-refractivity contribution is 5.93. The van der Waals surface area contributed by atoms with Crippen molar-refractivity contribution in [2.75, 3.05) is 18.5 Å². The van der Waals surface area contributed by atoms with Crippen LogP contribution in [0.25, 0.3) is 10.8 Å². The fourth-order valence-corrected chi connectivity index (χ4v) is 3.65. The van der Waals surface area contributed by atoms with Gasteiger partial charge in [0, 0.05) is 12.7 Å². The Morgan fingerprint density at radius 1 is 1.24 bits per heavy atom. The zero-order valence-corrected chi connectivity index (χ0v) is 16.7. The fraction of sp³-hybridized carbons (Fsp3) is 0.391. The summed E-state index contributed by atoms with van der Waals surface area (Å²) in [4.78, 5) is 12.6. The van der Waals surface area contributed by atoms with E-state index in [0.29, 0.717) is 19.0 Å².